The Morgan fingerprint density at radius 2 is 1.95 bits per heavy atom. The minimum atomic E-state index is -4.34. The van der Waals surface area contributed by atoms with Crippen LogP contribution in [0.3, 0.4) is 0 Å². The number of halogens is 3. The molecule has 1 heterocycles. The zero-order valence-corrected chi connectivity index (χ0v) is 11.6. The summed E-state index contributed by atoms with van der Waals surface area (Å²) in [6.07, 6.45) is -2.90. The molecule has 0 bridgehead atoms. The van der Waals surface area contributed by atoms with Gasteiger partial charge in [-0.2, -0.15) is 13.2 Å². The summed E-state index contributed by atoms with van der Waals surface area (Å²) < 4.78 is 38.9. The van der Waals surface area contributed by atoms with Crippen molar-refractivity contribution in [3.8, 4) is 0 Å². The van der Waals surface area contributed by atoms with Crippen LogP contribution < -0.4 is 10.9 Å². The van der Waals surface area contributed by atoms with E-state index in [1.54, 1.807) is 13.0 Å². The fourth-order valence-electron chi connectivity index (χ4n) is 2.69. The number of alkyl halides is 3. The molecule has 0 radical (unpaired) electrons. The van der Waals surface area contributed by atoms with Crippen molar-refractivity contribution in [1.82, 2.24) is 10.3 Å². The van der Waals surface area contributed by atoms with Crippen molar-refractivity contribution in [3.05, 3.63) is 33.7 Å². The highest BCUT2D eigenvalue weighted by atomic mass is 19.4. The van der Waals surface area contributed by atoms with E-state index in [0.717, 1.165) is 0 Å². The Balaban J connectivity index is 2.15. The van der Waals surface area contributed by atoms with Crippen LogP contribution in [0.5, 0.6) is 0 Å². The van der Waals surface area contributed by atoms with E-state index in [1.807, 2.05) is 0 Å². The number of rotatable bonds is 2. The quantitative estimate of drug-likeness (QED) is 0.882. The first-order valence-electron chi connectivity index (χ1n) is 6.86. The molecule has 1 saturated carbocycles. The number of hydrogen-bond donors (Lipinski definition) is 2. The molecule has 0 saturated heterocycles. The summed E-state index contributed by atoms with van der Waals surface area (Å²) in [5, 5.41) is 2.37. The SMILES string of the molecule is Cc1ccc(C(=O)N[C@@H]2CCCC[C@H]2C(F)(F)F)c(=O)[nH]1. The summed E-state index contributed by atoms with van der Waals surface area (Å²) in [6.45, 7) is 1.66. The highest BCUT2D eigenvalue weighted by molar-refractivity contribution is 5.94. The van der Waals surface area contributed by atoms with Crippen molar-refractivity contribution in [2.75, 3.05) is 0 Å². The third kappa shape index (κ3) is 3.65. The second-order valence-corrected chi connectivity index (χ2v) is 5.40. The maximum atomic E-state index is 13.0. The first-order valence-corrected chi connectivity index (χ1v) is 6.86. The van der Waals surface area contributed by atoms with Gasteiger partial charge in [0.05, 0.1) is 5.92 Å². The summed E-state index contributed by atoms with van der Waals surface area (Å²) in [6, 6.07) is 1.90. The molecule has 2 rings (SSSR count). The number of aromatic amines is 1. The van der Waals surface area contributed by atoms with Gasteiger partial charge in [-0.05, 0) is 31.9 Å². The third-order valence-corrected chi connectivity index (χ3v) is 3.80. The average molecular weight is 302 g/mol. The Morgan fingerprint density at radius 1 is 1.29 bits per heavy atom. The summed E-state index contributed by atoms with van der Waals surface area (Å²) in [4.78, 5) is 26.1. The molecule has 21 heavy (non-hydrogen) atoms. The van der Waals surface area contributed by atoms with Crippen molar-refractivity contribution in [2.45, 2.75) is 44.8 Å². The van der Waals surface area contributed by atoms with Crippen LogP contribution in [0.25, 0.3) is 0 Å². The van der Waals surface area contributed by atoms with Gasteiger partial charge in [0.1, 0.15) is 5.56 Å². The Hall–Kier alpha value is -1.79. The lowest BCUT2D eigenvalue weighted by Gasteiger charge is -2.33. The summed E-state index contributed by atoms with van der Waals surface area (Å²) in [5.74, 6) is -2.29. The van der Waals surface area contributed by atoms with Gasteiger partial charge in [0.15, 0.2) is 0 Å². The summed E-state index contributed by atoms with van der Waals surface area (Å²) in [7, 11) is 0. The van der Waals surface area contributed by atoms with Crippen LogP contribution in [0.4, 0.5) is 13.2 Å². The van der Waals surface area contributed by atoms with E-state index >= 15 is 0 Å². The number of hydrogen-bond acceptors (Lipinski definition) is 2. The van der Waals surface area contributed by atoms with Gasteiger partial charge < -0.3 is 10.3 Å². The molecule has 1 aliphatic carbocycles. The number of carbonyl (C=O) groups excluding carboxylic acids is 1. The lowest BCUT2D eigenvalue weighted by Crippen LogP contribution is -2.48. The molecule has 1 aliphatic rings. The molecular weight excluding hydrogens is 285 g/mol. The largest absolute Gasteiger partial charge is 0.393 e. The van der Waals surface area contributed by atoms with Gasteiger partial charge in [0.2, 0.25) is 0 Å². The van der Waals surface area contributed by atoms with E-state index in [9.17, 15) is 22.8 Å². The molecule has 1 fully saturated rings. The highest BCUT2D eigenvalue weighted by Crippen LogP contribution is 2.37. The monoisotopic (exact) mass is 302 g/mol. The zero-order valence-electron chi connectivity index (χ0n) is 11.6. The van der Waals surface area contributed by atoms with E-state index in [0.29, 0.717) is 18.5 Å². The van der Waals surface area contributed by atoms with Crippen LogP contribution in [-0.4, -0.2) is 23.1 Å². The van der Waals surface area contributed by atoms with E-state index in [-0.39, 0.29) is 18.4 Å². The molecule has 0 unspecified atom stereocenters. The standard InChI is InChI=1S/C14H17F3N2O2/c1-8-6-7-9(12(20)18-8)13(21)19-11-5-3-2-4-10(11)14(15,16)17/h6-7,10-11H,2-5H2,1H3,(H,18,20)(H,19,21)/t10-,11-/m1/s1. The minimum Gasteiger partial charge on any atom is -0.349 e. The van der Waals surface area contributed by atoms with E-state index in [2.05, 4.69) is 10.3 Å². The molecular formula is C14H17F3N2O2. The Bertz CT molecular complexity index is 580. The normalized spacial score (nSPS) is 22.9. The smallest absolute Gasteiger partial charge is 0.349 e. The highest BCUT2D eigenvalue weighted by Gasteiger charge is 2.46. The molecule has 0 aromatic carbocycles. The van der Waals surface area contributed by atoms with Crippen molar-refractivity contribution in [3.63, 3.8) is 0 Å². The van der Waals surface area contributed by atoms with E-state index < -0.39 is 29.6 Å². The number of aromatic nitrogens is 1. The number of carbonyl (C=O) groups is 1. The Morgan fingerprint density at radius 3 is 2.57 bits per heavy atom. The molecule has 4 nitrogen and oxygen atoms in total. The molecule has 1 aromatic rings. The molecule has 0 aliphatic heterocycles. The second kappa shape index (κ2) is 5.91. The molecule has 0 spiro atoms. The zero-order chi connectivity index (χ0) is 15.6. The molecule has 116 valence electrons. The fraction of sp³-hybridized carbons (Fsp3) is 0.571. The van der Waals surface area contributed by atoms with Gasteiger partial charge in [0, 0.05) is 11.7 Å². The van der Waals surface area contributed by atoms with Gasteiger partial charge in [-0.15, -0.1) is 0 Å². The van der Waals surface area contributed by atoms with E-state index in [4.69, 9.17) is 0 Å². The van der Waals surface area contributed by atoms with Crippen LogP contribution >= 0.6 is 0 Å². The predicted molar refractivity (Wildman–Crippen MR) is 71.1 cm³/mol. The number of H-pyrrole nitrogens is 1. The van der Waals surface area contributed by atoms with Gasteiger partial charge >= 0.3 is 6.18 Å². The molecule has 2 N–H and O–H groups in total. The van der Waals surface area contributed by atoms with Crippen LogP contribution in [0.15, 0.2) is 16.9 Å². The van der Waals surface area contributed by atoms with Gasteiger partial charge in [-0.3, -0.25) is 9.59 Å². The Kier molecular flexibility index (Phi) is 4.39. The first-order chi connectivity index (χ1) is 9.79. The summed E-state index contributed by atoms with van der Waals surface area (Å²) >= 11 is 0. The number of aryl methyl sites for hydroxylation is 1. The summed E-state index contributed by atoms with van der Waals surface area (Å²) in [5.41, 5.74) is -0.165. The van der Waals surface area contributed by atoms with Crippen LogP contribution in [-0.2, 0) is 0 Å². The molecule has 7 heteroatoms. The van der Waals surface area contributed by atoms with Gasteiger partial charge in [0.25, 0.3) is 11.5 Å². The molecule has 2 atom stereocenters. The maximum absolute atomic E-state index is 13.0. The molecule has 1 aromatic heterocycles. The van der Waals surface area contributed by atoms with Crippen molar-refractivity contribution in [1.29, 1.82) is 0 Å². The van der Waals surface area contributed by atoms with E-state index in [1.165, 1.54) is 6.07 Å². The minimum absolute atomic E-state index is 0.0126. The lowest BCUT2D eigenvalue weighted by atomic mass is 9.84. The maximum Gasteiger partial charge on any atom is 0.393 e. The fourth-order valence-corrected chi connectivity index (χ4v) is 2.69. The van der Waals surface area contributed by atoms with Gasteiger partial charge in [-0.1, -0.05) is 12.8 Å². The average Bonchev–Trinajstić information content (AvgIpc) is 2.37. The third-order valence-electron chi connectivity index (χ3n) is 3.80. The van der Waals surface area contributed by atoms with Crippen LogP contribution in [0.2, 0.25) is 0 Å². The van der Waals surface area contributed by atoms with Gasteiger partial charge in [-0.25, -0.2) is 0 Å². The second-order valence-electron chi connectivity index (χ2n) is 5.40. The number of nitrogens with one attached hydrogen (secondary N) is 2. The lowest BCUT2D eigenvalue weighted by molar-refractivity contribution is -0.187. The number of pyridine rings is 1. The van der Waals surface area contributed by atoms with Crippen LogP contribution in [0.1, 0.15) is 41.7 Å². The van der Waals surface area contributed by atoms with Crippen LogP contribution in [0, 0.1) is 12.8 Å². The Labute approximate surface area is 119 Å². The van der Waals surface area contributed by atoms with Crippen molar-refractivity contribution < 1.29 is 18.0 Å². The first kappa shape index (κ1) is 15.6. The number of amides is 1. The molecule has 1 amide bonds. The van der Waals surface area contributed by atoms with Crippen molar-refractivity contribution in [2.24, 2.45) is 5.92 Å². The topological polar surface area (TPSA) is 62.0 Å². The van der Waals surface area contributed by atoms with Crippen molar-refractivity contribution >= 4 is 5.91 Å². The predicted octanol–water partition coefficient (Wildman–Crippen LogP) is 2.53.